The Labute approximate surface area is 106 Å². The lowest BCUT2D eigenvalue weighted by Gasteiger charge is -2.25. The van der Waals surface area contributed by atoms with E-state index >= 15 is 0 Å². The van der Waals surface area contributed by atoms with Gasteiger partial charge in [0.2, 0.25) is 0 Å². The van der Waals surface area contributed by atoms with Gasteiger partial charge in [-0.2, -0.15) is 0 Å². The normalized spacial score (nSPS) is 13.2. The van der Waals surface area contributed by atoms with E-state index in [1.54, 1.807) is 0 Å². The highest BCUT2D eigenvalue weighted by Gasteiger charge is 2.11. The van der Waals surface area contributed by atoms with E-state index in [0.717, 1.165) is 13.1 Å². The predicted molar refractivity (Wildman–Crippen MR) is 73.2 cm³/mol. The molecule has 2 amide bonds. The van der Waals surface area contributed by atoms with Crippen LogP contribution in [0.2, 0.25) is 0 Å². The fourth-order valence-corrected chi connectivity index (χ4v) is 1.52. The molecule has 0 spiro atoms. The molecule has 0 aliphatic carbocycles. The van der Waals surface area contributed by atoms with Gasteiger partial charge in [0.05, 0.1) is 0 Å². The second-order valence-electron chi connectivity index (χ2n) is 5.16. The summed E-state index contributed by atoms with van der Waals surface area (Å²) in [5, 5.41) is 5.83. The Morgan fingerprint density at radius 1 is 1.18 bits per heavy atom. The van der Waals surface area contributed by atoms with Gasteiger partial charge in [0.1, 0.15) is 0 Å². The molecule has 0 fully saturated rings. The van der Waals surface area contributed by atoms with Crippen LogP contribution in [0, 0.1) is 5.92 Å². The van der Waals surface area contributed by atoms with Crippen LogP contribution in [-0.4, -0.2) is 42.6 Å². The first-order valence-electron chi connectivity index (χ1n) is 6.66. The molecule has 0 bridgehead atoms. The summed E-state index contributed by atoms with van der Waals surface area (Å²) in [6.07, 6.45) is 0. The van der Waals surface area contributed by atoms with Crippen LogP contribution in [0.1, 0.15) is 41.5 Å². The summed E-state index contributed by atoms with van der Waals surface area (Å²) in [5.74, 6) is 0.462. The molecule has 0 aromatic carbocycles. The van der Waals surface area contributed by atoms with Crippen LogP contribution in [0.3, 0.4) is 0 Å². The van der Waals surface area contributed by atoms with Gasteiger partial charge in [0.25, 0.3) is 0 Å². The van der Waals surface area contributed by atoms with E-state index in [1.165, 1.54) is 0 Å². The second-order valence-corrected chi connectivity index (χ2v) is 5.16. The van der Waals surface area contributed by atoms with Crippen molar-refractivity contribution in [3.8, 4) is 0 Å². The van der Waals surface area contributed by atoms with Crippen LogP contribution < -0.4 is 10.6 Å². The number of urea groups is 1. The van der Waals surface area contributed by atoms with Crippen molar-refractivity contribution in [2.75, 3.05) is 19.6 Å². The molecule has 1 unspecified atom stereocenters. The zero-order valence-electron chi connectivity index (χ0n) is 12.2. The molecule has 0 aromatic heterocycles. The molecule has 0 rings (SSSR count). The van der Waals surface area contributed by atoms with Gasteiger partial charge in [-0.05, 0) is 33.2 Å². The van der Waals surface area contributed by atoms with Crippen molar-refractivity contribution >= 4 is 6.03 Å². The highest BCUT2D eigenvalue weighted by atomic mass is 16.2. The van der Waals surface area contributed by atoms with Crippen LogP contribution in [0.25, 0.3) is 0 Å². The third-order valence-electron chi connectivity index (χ3n) is 3.18. The van der Waals surface area contributed by atoms with Gasteiger partial charge in [-0.1, -0.05) is 20.8 Å². The summed E-state index contributed by atoms with van der Waals surface area (Å²) >= 11 is 0. The molecule has 1 atom stereocenters. The number of carbonyl (C=O) groups excluding carboxylic acids is 1. The largest absolute Gasteiger partial charge is 0.337 e. The van der Waals surface area contributed by atoms with Gasteiger partial charge in [-0.15, -0.1) is 0 Å². The molecule has 4 heteroatoms. The topological polar surface area (TPSA) is 44.4 Å². The quantitative estimate of drug-likeness (QED) is 0.719. The Kier molecular flexibility index (Phi) is 7.96. The van der Waals surface area contributed by atoms with E-state index < -0.39 is 0 Å². The first-order valence-corrected chi connectivity index (χ1v) is 6.66. The predicted octanol–water partition coefficient (Wildman–Crippen LogP) is 2.06. The van der Waals surface area contributed by atoms with Gasteiger partial charge in [-0.3, -0.25) is 4.90 Å². The van der Waals surface area contributed by atoms with Crippen LogP contribution >= 0.6 is 0 Å². The van der Waals surface area contributed by atoms with E-state index in [-0.39, 0.29) is 12.1 Å². The first-order chi connectivity index (χ1) is 7.88. The molecule has 0 heterocycles. The maximum absolute atomic E-state index is 11.6. The Balaban J connectivity index is 3.78. The summed E-state index contributed by atoms with van der Waals surface area (Å²) in [6, 6.07) is 0.674. The van der Waals surface area contributed by atoms with Gasteiger partial charge in [0.15, 0.2) is 0 Å². The van der Waals surface area contributed by atoms with E-state index in [9.17, 15) is 4.79 Å². The summed E-state index contributed by atoms with van der Waals surface area (Å²) in [7, 11) is 0. The number of nitrogens with zero attached hydrogens (tertiary/aromatic N) is 1. The van der Waals surface area contributed by atoms with Crippen LogP contribution in [0.5, 0.6) is 0 Å². The van der Waals surface area contributed by atoms with E-state index in [1.807, 2.05) is 6.92 Å². The summed E-state index contributed by atoms with van der Waals surface area (Å²) in [4.78, 5) is 13.9. The van der Waals surface area contributed by atoms with Crippen molar-refractivity contribution in [1.29, 1.82) is 0 Å². The van der Waals surface area contributed by atoms with Crippen molar-refractivity contribution in [3.05, 3.63) is 0 Å². The van der Waals surface area contributed by atoms with E-state index in [2.05, 4.69) is 50.2 Å². The minimum atomic E-state index is -0.0639. The van der Waals surface area contributed by atoms with Crippen molar-refractivity contribution in [2.45, 2.75) is 53.6 Å². The number of likely N-dealkylation sites (N-methyl/N-ethyl adjacent to an activating group) is 1. The van der Waals surface area contributed by atoms with Crippen molar-refractivity contribution in [1.82, 2.24) is 15.5 Å². The van der Waals surface area contributed by atoms with Crippen molar-refractivity contribution < 1.29 is 4.79 Å². The average Bonchev–Trinajstić information content (AvgIpc) is 2.23. The smallest absolute Gasteiger partial charge is 0.315 e. The van der Waals surface area contributed by atoms with Gasteiger partial charge in [-0.25, -0.2) is 4.79 Å². The standard InChI is InChI=1S/C13H29N3O/c1-7-16(11(4)5)9-8-14-13(17)15-12(6)10(2)3/h10-12H,7-9H2,1-6H3,(H2,14,15,17). The van der Waals surface area contributed by atoms with Crippen molar-refractivity contribution in [2.24, 2.45) is 5.92 Å². The van der Waals surface area contributed by atoms with Crippen molar-refractivity contribution in [3.63, 3.8) is 0 Å². The van der Waals surface area contributed by atoms with Crippen LogP contribution in [0.15, 0.2) is 0 Å². The molecule has 17 heavy (non-hydrogen) atoms. The van der Waals surface area contributed by atoms with E-state index in [0.29, 0.717) is 18.5 Å². The Morgan fingerprint density at radius 3 is 2.18 bits per heavy atom. The Bertz CT molecular complexity index is 217. The highest BCUT2D eigenvalue weighted by molar-refractivity contribution is 5.74. The van der Waals surface area contributed by atoms with Gasteiger partial charge in [0, 0.05) is 25.2 Å². The van der Waals surface area contributed by atoms with Crippen LogP contribution in [-0.2, 0) is 0 Å². The number of amides is 2. The maximum atomic E-state index is 11.6. The second kappa shape index (κ2) is 8.34. The monoisotopic (exact) mass is 243 g/mol. The molecule has 102 valence electrons. The summed E-state index contributed by atoms with van der Waals surface area (Å²) in [5.41, 5.74) is 0. The zero-order valence-corrected chi connectivity index (χ0v) is 12.2. The molecule has 0 aliphatic rings. The average molecular weight is 243 g/mol. The summed E-state index contributed by atoms with van der Waals surface area (Å²) < 4.78 is 0. The molecule has 0 saturated carbocycles. The summed E-state index contributed by atoms with van der Waals surface area (Å²) in [6.45, 7) is 15.3. The third-order valence-corrected chi connectivity index (χ3v) is 3.18. The third kappa shape index (κ3) is 7.21. The molecule has 0 aliphatic heterocycles. The minimum absolute atomic E-state index is 0.0639. The molecule has 4 nitrogen and oxygen atoms in total. The molecular weight excluding hydrogens is 214 g/mol. The Morgan fingerprint density at radius 2 is 1.76 bits per heavy atom. The molecule has 2 N–H and O–H groups in total. The lowest BCUT2D eigenvalue weighted by molar-refractivity contribution is 0.219. The number of carbonyl (C=O) groups is 1. The first kappa shape index (κ1) is 16.2. The number of hydrogen-bond acceptors (Lipinski definition) is 2. The maximum Gasteiger partial charge on any atom is 0.315 e. The highest BCUT2D eigenvalue weighted by Crippen LogP contribution is 1.99. The lowest BCUT2D eigenvalue weighted by Crippen LogP contribution is -2.46. The van der Waals surface area contributed by atoms with Gasteiger partial charge < -0.3 is 10.6 Å². The zero-order chi connectivity index (χ0) is 13.4. The number of nitrogens with one attached hydrogen (secondary N) is 2. The lowest BCUT2D eigenvalue weighted by atomic mass is 10.1. The SMILES string of the molecule is CCN(CCNC(=O)NC(C)C(C)C)C(C)C. The molecule has 0 aromatic rings. The molecule has 0 saturated heterocycles. The molecular formula is C13H29N3O. The fourth-order valence-electron chi connectivity index (χ4n) is 1.52. The van der Waals surface area contributed by atoms with Crippen LogP contribution in [0.4, 0.5) is 4.79 Å². The Hall–Kier alpha value is -0.770. The van der Waals surface area contributed by atoms with Gasteiger partial charge >= 0.3 is 6.03 Å². The number of rotatable bonds is 7. The number of hydrogen-bond donors (Lipinski definition) is 2. The molecule has 0 radical (unpaired) electrons. The fraction of sp³-hybridized carbons (Fsp3) is 0.923. The van der Waals surface area contributed by atoms with E-state index in [4.69, 9.17) is 0 Å². The minimum Gasteiger partial charge on any atom is -0.337 e.